The van der Waals surface area contributed by atoms with Crippen LogP contribution < -0.4 is 21.5 Å². The first-order valence-electron chi connectivity index (χ1n) is 9.29. The number of amides is 1. The molecule has 3 aliphatic rings. The molecule has 1 amide bonds. The predicted octanol–water partition coefficient (Wildman–Crippen LogP) is 0.205. The molecule has 142 valence electrons. The van der Waals surface area contributed by atoms with Crippen molar-refractivity contribution in [3.05, 3.63) is 35.9 Å². The third-order valence-electron chi connectivity index (χ3n) is 5.02. The number of hydrazine groups is 1. The van der Waals surface area contributed by atoms with Gasteiger partial charge in [-0.05, 0) is 12.5 Å². The molecule has 26 heavy (non-hydrogen) atoms. The Balaban J connectivity index is 1.22. The average molecular weight is 378 g/mol. The Bertz CT molecular complexity index is 619. The van der Waals surface area contributed by atoms with Gasteiger partial charge in [0.25, 0.3) is 0 Å². The fourth-order valence-corrected chi connectivity index (χ4v) is 4.94. The van der Waals surface area contributed by atoms with Gasteiger partial charge >= 0.3 is 0 Å². The van der Waals surface area contributed by atoms with Gasteiger partial charge in [0.05, 0.1) is 11.4 Å². The molecule has 0 aromatic heterocycles. The highest BCUT2D eigenvalue weighted by Crippen LogP contribution is 2.27. The summed E-state index contributed by atoms with van der Waals surface area (Å²) in [7, 11) is 0. The lowest BCUT2D eigenvalue weighted by molar-refractivity contribution is -0.124. The van der Waals surface area contributed by atoms with Crippen molar-refractivity contribution in [3.8, 4) is 0 Å². The van der Waals surface area contributed by atoms with E-state index in [9.17, 15) is 4.79 Å². The number of benzene rings is 1. The molecule has 0 saturated carbocycles. The number of carbonyl (C=O) groups excluding carboxylic acids is 1. The number of carbonyl (C=O) groups is 1. The van der Waals surface area contributed by atoms with E-state index >= 15 is 0 Å². The second kappa shape index (κ2) is 8.24. The van der Waals surface area contributed by atoms with Crippen LogP contribution in [0, 0.1) is 0 Å². The summed E-state index contributed by atoms with van der Waals surface area (Å²) in [6.45, 7) is 4.57. The minimum atomic E-state index is -0.276. The number of hydrogen-bond acceptors (Lipinski definition) is 7. The Hall–Kier alpha value is -1.16. The van der Waals surface area contributed by atoms with Crippen molar-refractivity contribution in [1.82, 2.24) is 26.5 Å². The molecule has 4 N–H and O–H groups in total. The van der Waals surface area contributed by atoms with Crippen LogP contribution in [0.1, 0.15) is 18.9 Å². The highest BCUT2D eigenvalue weighted by molar-refractivity contribution is 8.00. The number of hydroxylamine groups is 1. The van der Waals surface area contributed by atoms with Gasteiger partial charge in [0.15, 0.2) is 0 Å². The zero-order chi connectivity index (χ0) is 17.9. The molecule has 3 fully saturated rings. The smallest absolute Gasteiger partial charge is 0.239 e. The predicted molar refractivity (Wildman–Crippen MR) is 102 cm³/mol. The van der Waals surface area contributed by atoms with Crippen molar-refractivity contribution in [2.45, 2.75) is 49.5 Å². The Kier molecular flexibility index (Phi) is 5.78. The molecular formula is C18H27N5O2S. The monoisotopic (exact) mass is 377 g/mol. The second-order valence-electron chi connectivity index (χ2n) is 7.32. The minimum absolute atomic E-state index is 0.0249. The molecule has 0 aliphatic carbocycles. The summed E-state index contributed by atoms with van der Waals surface area (Å²) >= 11 is 1.87. The van der Waals surface area contributed by atoms with Gasteiger partial charge in [-0.25, -0.2) is 5.01 Å². The van der Waals surface area contributed by atoms with Gasteiger partial charge < -0.3 is 5.32 Å². The van der Waals surface area contributed by atoms with Crippen molar-refractivity contribution >= 4 is 17.7 Å². The van der Waals surface area contributed by atoms with Gasteiger partial charge in [0, 0.05) is 37.8 Å². The quantitative estimate of drug-likeness (QED) is 0.584. The molecule has 5 atom stereocenters. The fourth-order valence-electron chi connectivity index (χ4n) is 3.64. The summed E-state index contributed by atoms with van der Waals surface area (Å²) in [5.74, 6) is 1.11. The summed E-state index contributed by atoms with van der Waals surface area (Å²) in [5, 5.41) is 9.07. The molecule has 1 aromatic rings. The van der Waals surface area contributed by atoms with E-state index in [4.69, 9.17) is 4.84 Å². The van der Waals surface area contributed by atoms with Crippen LogP contribution in [0.3, 0.4) is 0 Å². The molecule has 7 nitrogen and oxygen atoms in total. The van der Waals surface area contributed by atoms with E-state index in [0.717, 1.165) is 25.4 Å². The van der Waals surface area contributed by atoms with Gasteiger partial charge in [-0.3, -0.25) is 20.4 Å². The summed E-state index contributed by atoms with van der Waals surface area (Å²) in [6, 6.07) is 10.7. The summed E-state index contributed by atoms with van der Waals surface area (Å²) in [5.41, 5.74) is 7.55. The molecular weight excluding hydrogens is 350 g/mol. The maximum absolute atomic E-state index is 12.6. The van der Waals surface area contributed by atoms with E-state index in [2.05, 4.69) is 45.6 Å². The second-order valence-corrected chi connectivity index (χ2v) is 8.49. The molecule has 4 rings (SSSR count). The van der Waals surface area contributed by atoms with Crippen LogP contribution in [-0.4, -0.2) is 59.4 Å². The lowest BCUT2D eigenvalue weighted by Crippen LogP contribution is -2.47. The van der Waals surface area contributed by atoms with Crippen molar-refractivity contribution in [3.63, 3.8) is 0 Å². The first kappa shape index (κ1) is 18.2. The van der Waals surface area contributed by atoms with Crippen LogP contribution in [0.5, 0.6) is 0 Å². The van der Waals surface area contributed by atoms with Crippen molar-refractivity contribution in [1.29, 1.82) is 0 Å². The van der Waals surface area contributed by atoms with E-state index in [1.54, 1.807) is 0 Å². The molecule has 5 unspecified atom stereocenters. The SMILES string of the molecule is CC1CSC(C2CC(C(=O)NC3CNN(Cc4ccccc4)C3)NO2)N1. The van der Waals surface area contributed by atoms with Crippen molar-refractivity contribution < 1.29 is 9.63 Å². The fraction of sp³-hybridized carbons (Fsp3) is 0.611. The molecule has 3 saturated heterocycles. The Morgan fingerprint density at radius 1 is 1.38 bits per heavy atom. The topological polar surface area (TPSA) is 77.7 Å². The summed E-state index contributed by atoms with van der Waals surface area (Å²) < 4.78 is 0. The largest absolute Gasteiger partial charge is 0.349 e. The maximum Gasteiger partial charge on any atom is 0.239 e. The van der Waals surface area contributed by atoms with Gasteiger partial charge in [-0.2, -0.15) is 5.48 Å². The molecule has 0 spiro atoms. The highest BCUT2D eigenvalue weighted by Gasteiger charge is 2.39. The van der Waals surface area contributed by atoms with Crippen molar-refractivity contribution in [2.75, 3.05) is 18.8 Å². The third-order valence-corrected chi connectivity index (χ3v) is 6.51. The van der Waals surface area contributed by atoms with Crippen LogP contribution in [0.2, 0.25) is 0 Å². The zero-order valence-corrected chi connectivity index (χ0v) is 15.8. The van der Waals surface area contributed by atoms with E-state index in [1.165, 1.54) is 5.56 Å². The van der Waals surface area contributed by atoms with E-state index in [-0.39, 0.29) is 29.5 Å². The normalized spacial score (nSPS) is 35.0. The van der Waals surface area contributed by atoms with Gasteiger partial charge in [-0.1, -0.05) is 30.3 Å². The van der Waals surface area contributed by atoms with Crippen LogP contribution in [0.25, 0.3) is 0 Å². The Labute approximate surface area is 158 Å². The molecule has 8 heteroatoms. The number of hydrogen-bond donors (Lipinski definition) is 4. The van der Waals surface area contributed by atoms with E-state index < -0.39 is 0 Å². The van der Waals surface area contributed by atoms with Crippen molar-refractivity contribution in [2.24, 2.45) is 0 Å². The van der Waals surface area contributed by atoms with Crippen LogP contribution >= 0.6 is 11.8 Å². The highest BCUT2D eigenvalue weighted by atomic mass is 32.2. The van der Waals surface area contributed by atoms with Crippen LogP contribution in [-0.2, 0) is 16.2 Å². The Morgan fingerprint density at radius 3 is 3.00 bits per heavy atom. The van der Waals surface area contributed by atoms with Gasteiger partial charge in [0.1, 0.15) is 12.1 Å². The van der Waals surface area contributed by atoms with Crippen LogP contribution in [0.4, 0.5) is 0 Å². The Morgan fingerprint density at radius 2 is 2.23 bits per heavy atom. The first-order chi connectivity index (χ1) is 12.7. The molecule has 0 radical (unpaired) electrons. The maximum atomic E-state index is 12.6. The molecule has 3 aliphatic heterocycles. The van der Waals surface area contributed by atoms with Gasteiger partial charge in [-0.15, -0.1) is 11.8 Å². The number of nitrogens with zero attached hydrogens (tertiary/aromatic N) is 1. The third kappa shape index (κ3) is 4.39. The summed E-state index contributed by atoms with van der Waals surface area (Å²) in [6.07, 6.45) is 0.744. The lowest BCUT2D eigenvalue weighted by atomic mass is 10.1. The summed E-state index contributed by atoms with van der Waals surface area (Å²) in [4.78, 5) is 18.2. The van der Waals surface area contributed by atoms with E-state index in [0.29, 0.717) is 12.5 Å². The average Bonchev–Trinajstić information content (AvgIpc) is 3.37. The number of thioether (sulfide) groups is 1. The lowest BCUT2D eigenvalue weighted by Gasteiger charge is -2.17. The van der Waals surface area contributed by atoms with E-state index in [1.807, 2.05) is 30.0 Å². The number of rotatable bonds is 5. The first-order valence-corrected chi connectivity index (χ1v) is 10.3. The number of nitrogens with one attached hydrogen (secondary N) is 4. The molecule has 3 heterocycles. The molecule has 1 aromatic carbocycles. The van der Waals surface area contributed by atoms with Gasteiger partial charge in [0.2, 0.25) is 5.91 Å². The zero-order valence-electron chi connectivity index (χ0n) is 15.0. The molecule has 0 bridgehead atoms. The standard InChI is InChI=1S/C18H27N5O2S/c1-12-11-26-18(20-12)16-7-15(22-25-16)17(24)21-14-8-19-23(10-14)9-13-5-3-2-4-6-13/h2-6,12,14-16,18-20,22H,7-11H2,1H3,(H,21,24). The van der Waals surface area contributed by atoms with Crippen LogP contribution in [0.15, 0.2) is 30.3 Å². The minimum Gasteiger partial charge on any atom is -0.349 e.